The quantitative estimate of drug-likeness (QED) is 0.782. The SMILES string of the molecule is Cn1cc(CC(=O)C2CCC(CN)O2)cn1. The molecule has 2 N–H and O–H groups in total. The van der Waals surface area contributed by atoms with Crippen molar-refractivity contribution < 1.29 is 9.53 Å². The lowest BCUT2D eigenvalue weighted by atomic mass is 10.1. The van der Waals surface area contributed by atoms with Gasteiger partial charge in [-0.3, -0.25) is 9.48 Å². The number of carbonyl (C=O) groups is 1. The topological polar surface area (TPSA) is 70.1 Å². The molecule has 2 atom stereocenters. The lowest BCUT2D eigenvalue weighted by Crippen LogP contribution is -2.26. The molecule has 1 aromatic rings. The van der Waals surface area contributed by atoms with Crippen LogP contribution in [-0.4, -0.2) is 34.3 Å². The molecule has 2 heterocycles. The summed E-state index contributed by atoms with van der Waals surface area (Å²) in [6, 6.07) is 0. The molecule has 0 amide bonds. The highest BCUT2D eigenvalue weighted by molar-refractivity contribution is 5.85. The van der Waals surface area contributed by atoms with Gasteiger partial charge in [0.15, 0.2) is 5.78 Å². The molecule has 0 bridgehead atoms. The first-order valence-electron chi connectivity index (χ1n) is 5.55. The summed E-state index contributed by atoms with van der Waals surface area (Å²) < 4.78 is 7.24. The molecule has 0 saturated carbocycles. The van der Waals surface area contributed by atoms with Gasteiger partial charge in [-0.2, -0.15) is 5.10 Å². The summed E-state index contributed by atoms with van der Waals surface area (Å²) >= 11 is 0. The van der Waals surface area contributed by atoms with Gasteiger partial charge in [-0.1, -0.05) is 0 Å². The fourth-order valence-electron chi connectivity index (χ4n) is 1.99. The Labute approximate surface area is 94.6 Å². The second-order valence-electron chi connectivity index (χ2n) is 4.23. The van der Waals surface area contributed by atoms with Crippen LogP contribution in [0, 0.1) is 0 Å². The Kier molecular flexibility index (Phi) is 3.36. The predicted octanol–water partition coefficient (Wildman–Crippen LogP) is 0.0380. The Morgan fingerprint density at radius 2 is 2.50 bits per heavy atom. The van der Waals surface area contributed by atoms with Gasteiger partial charge in [0.2, 0.25) is 0 Å². The summed E-state index contributed by atoms with van der Waals surface area (Å²) in [7, 11) is 1.84. The van der Waals surface area contributed by atoms with Gasteiger partial charge in [0.1, 0.15) is 6.10 Å². The van der Waals surface area contributed by atoms with Crippen molar-refractivity contribution in [3.63, 3.8) is 0 Å². The van der Waals surface area contributed by atoms with E-state index in [0.717, 1.165) is 18.4 Å². The molecule has 0 aromatic carbocycles. The maximum Gasteiger partial charge on any atom is 0.166 e. The van der Waals surface area contributed by atoms with Crippen LogP contribution in [0.2, 0.25) is 0 Å². The van der Waals surface area contributed by atoms with Crippen molar-refractivity contribution in [3.05, 3.63) is 18.0 Å². The molecule has 1 aliphatic rings. The van der Waals surface area contributed by atoms with Crippen LogP contribution in [0.1, 0.15) is 18.4 Å². The van der Waals surface area contributed by atoms with E-state index in [-0.39, 0.29) is 18.0 Å². The summed E-state index contributed by atoms with van der Waals surface area (Å²) in [4.78, 5) is 11.9. The van der Waals surface area contributed by atoms with Gasteiger partial charge in [0.05, 0.1) is 12.3 Å². The normalized spacial score (nSPS) is 24.9. The first-order valence-corrected chi connectivity index (χ1v) is 5.55. The number of hydrogen-bond donors (Lipinski definition) is 1. The third-order valence-corrected chi connectivity index (χ3v) is 2.87. The Morgan fingerprint density at radius 3 is 3.06 bits per heavy atom. The first-order chi connectivity index (χ1) is 7.69. The van der Waals surface area contributed by atoms with E-state index in [2.05, 4.69) is 5.10 Å². The maximum atomic E-state index is 11.9. The number of nitrogens with zero attached hydrogens (tertiary/aromatic N) is 2. The van der Waals surface area contributed by atoms with Crippen molar-refractivity contribution >= 4 is 5.78 Å². The Bertz CT molecular complexity index is 375. The van der Waals surface area contributed by atoms with Gasteiger partial charge in [0, 0.05) is 26.2 Å². The standard InChI is InChI=1S/C11H17N3O2/c1-14-7-8(6-13-14)4-10(15)11-3-2-9(5-12)16-11/h6-7,9,11H,2-5,12H2,1H3. The van der Waals surface area contributed by atoms with Gasteiger partial charge < -0.3 is 10.5 Å². The smallest absolute Gasteiger partial charge is 0.166 e. The van der Waals surface area contributed by atoms with Gasteiger partial charge in [-0.15, -0.1) is 0 Å². The molecule has 2 unspecified atom stereocenters. The average molecular weight is 223 g/mol. The monoisotopic (exact) mass is 223 g/mol. The number of aryl methyl sites for hydroxylation is 1. The van der Waals surface area contributed by atoms with Crippen LogP contribution >= 0.6 is 0 Å². The van der Waals surface area contributed by atoms with E-state index in [1.165, 1.54) is 0 Å². The molecule has 2 rings (SSSR count). The molecule has 0 spiro atoms. The lowest BCUT2D eigenvalue weighted by Gasteiger charge is -2.10. The minimum atomic E-state index is -0.270. The molecular weight excluding hydrogens is 206 g/mol. The van der Waals surface area contributed by atoms with Crippen molar-refractivity contribution in [1.29, 1.82) is 0 Å². The molecule has 88 valence electrons. The summed E-state index contributed by atoms with van der Waals surface area (Å²) in [6.07, 6.45) is 5.44. The number of aromatic nitrogens is 2. The van der Waals surface area contributed by atoms with Crippen LogP contribution in [-0.2, 0) is 23.0 Å². The van der Waals surface area contributed by atoms with Gasteiger partial charge in [-0.25, -0.2) is 0 Å². The maximum absolute atomic E-state index is 11.9. The van der Waals surface area contributed by atoms with E-state index in [1.54, 1.807) is 10.9 Å². The fourth-order valence-corrected chi connectivity index (χ4v) is 1.99. The summed E-state index contributed by atoms with van der Waals surface area (Å²) in [5.74, 6) is 0.129. The molecule has 0 aliphatic carbocycles. The van der Waals surface area contributed by atoms with Crippen LogP contribution in [0.4, 0.5) is 0 Å². The van der Waals surface area contributed by atoms with E-state index in [9.17, 15) is 4.79 Å². The number of ether oxygens (including phenoxy) is 1. The van der Waals surface area contributed by atoms with Crippen LogP contribution in [0.3, 0.4) is 0 Å². The highest BCUT2D eigenvalue weighted by Gasteiger charge is 2.29. The largest absolute Gasteiger partial charge is 0.366 e. The summed E-state index contributed by atoms with van der Waals surface area (Å²) in [5.41, 5.74) is 6.44. The third-order valence-electron chi connectivity index (χ3n) is 2.87. The highest BCUT2D eigenvalue weighted by Crippen LogP contribution is 2.20. The van der Waals surface area contributed by atoms with Crippen LogP contribution < -0.4 is 5.73 Å². The molecule has 1 fully saturated rings. The molecule has 0 radical (unpaired) electrons. The van der Waals surface area contributed by atoms with Crippen molar-refractivity contribution in [2.75, 3.05) is 6.54 Å². The van der Waals surface area contributed by atoms with Gasteiger partial charge in [-0.05, 0) is 18.4 Å². The number of Topliss-reactive ketones (excluding diaryl/α,β-unsaturated/α-hetero) is 1. The molecule has 16 heavy (non-hydrogen) atoms. The van der Waals surface area contributed by atoms with E-state index in [1.807, 2.05) is 13.2 Å². The number of nitrogens with two attached hydrogens (primary N) is 1. The summed E-state index contributed by atoms with van der Waals surface area (Å²) in [5, 5.41) is 4.03. The van der Waals surface area contributed by atoms with Gasteiger partial charge in [0.25, 0.3) is 0 Å². The summed E-state index contributed by atoms with van der Waals surface area (Å²) in [6.45, 7) is 0.497. The Hall–Kier alpha value is -1.20. The van der Waals surface area contributed by atoms with E-state index in [4.69, 9.17) is 10.5 Å². The van der Waals surface area contributed by atoms with E-state index < -0.39 is 0 Å². The second kappa shape index (κ2) is 4.76. The Balaban J connectivity index is 1.89. The van der Waals surface area contributed by atoms with Crippen LogP contribution in [0.5, 0.6) is 0 Å². The van der Waals surface area contributed by atoms with Gasteiger partial charge >= 0.3 is 0 Å². The zero-order valence-electron chi connectivity index (χ0n) is 9.43. The number of carbonyl (C=O) groups excluding carboxylic acids is 1. The van der Waals surface area contributed by atoms with Crippen molar-refractivity contribution in [2.24, 2.45) is 12.8 Å². The van der Waals surface area contributed by atoms with E-state index in [0.29, 0.717) is 13.0 Å². The number of hydrogen-bond acceptors (Lipinski definition) is 4. The predicted molar refractivity (Wildman–Crippen MR) is 58.9 cm³/mol. The number of ketones is 1. The molecule has 5 nitrogen and oxygen atoms in total. The second-order valence-corrected chi connectivity index (χ2v) is 4.23. The zero-order chi connectivity index (χ0) is 11.5. The molecule has 5 heteroatoms. The zero-order valence-corrected chi connectivity index (χ0v) is 9.43. The molecule has 1 aliphatic heterocycles. The highest BCUT2D eigenvalue weighted by atomic mass is 16.5. The van der Waals surface area contributed by atoms with E-state index >= 15 is 0 Å². The average Bonchev–Trinajstić information content (AvgIpc) is 2.87. The number of rotatable bonds is 4. The minimum Gasteiger partial charge on any atom is -0.366 e. The third kappa shape index (κ3) is 2.48. The minimum absolute atomic E-state index is 0.0582. The van der Waals surface area contributed by atoms with Crippen LogP contribution in [0.25, 0.3) is 0 Å². The molecule has 1 aromatic heterocycles. The molecule has 1 saturated heterocycles. The Morgan fingerprint density at radius 1 is 1.69 bits per heavy atom. The fraction of sp³-hybridized carbons (Fsp3) is 0.636. The van der Waals surface area contributed by atoms with Crippen molar-refractivity contribution in [3.8, 4) is 0 Å². The van der Waals surface area contributed by atoms with Crippen LogP contribution in [0.15, 0.2) is 12.4 Å². The van der Waals surface area contributed by atoms with Crippen molar-refractivity contribution in [2.45, 2.75) is 31.5 Å². The first kappa shape index (κ1) is 11.3. The lowest BCUT2D eigenvalue weighted by molar-refractivity contribution is -0.128. The van der Waals surface area contributed by atoms with Crippen molar-refractivity contribution in [1.82, 2.24) is 9.78 Å². The molecular formula is C11H17N3O2.